The first kappa shape index (κ1) is 12.5. The molecule has 15 heavy (non-hydrogen) atoms. The van der Waals surface area contributed by atoms with Crippen molar-refractivity contribution in [2.24, 2.45) is 0 Å². The smallest absolute Gasteiger partial charge is 0.191 e. The summed E-state index contributed by atoms with van der Waals surface area (Å²) in [5.41, 5.74) is 0. The number of rotatable bonds is 7. The highest BCUT2D eigenvalue weighted by Crippen LogP contribution is 2.19. The molecule has 0 aromatic carbocycles. The molecule has 1 N–H and O–H groups in total. The van der Waals surface area contributed by atoms with Crippen LogP contribution in [0.15, 0.2) is 11.5 Å². The van der Waals surface area contributed by atoms with Crippen LogP contribution in [-0.2, 0) is 0 Å². The zero-order valence-corrected chi connectivity index (χ0v) is 10.2. The van der Waals surface area contributed by atoms with Gasteiger partial charge in [-0.25, -0.2) is 0 Å². The van der Waals surface area contributed by atoms with Crippen LogP contribution in [0, 0.1) is 0 Å². The molecule has 4 nitrogen and oxygen atoms in total. The highest BCUT2D eigenvalue weighted by molar-refractivity contribution is 7.99. The van der Waals surface area contributed by atoms with Gasteiger partial charge in [0, 0.05) is 18.4 Å². The minimum atomic E-state index is 0.298. The molecule has 0 unspecified atom stereocenters. The summed E-state index contributed by atoms with van der Waals surface area (Å²) in [6.45, 7) is 4.55. The second-order valence-electron chi connectivity index (χ2n) is 3.75. The van der Waals surface area contributed by atoms with Crippen molar-refractivity contribution in [3.8, 4) is 0 Å². The van der Waals surface area contributed by atoms with Gasteiger partial charge in [-0.3, -0.25) is 0 Å². The lowest BCUT2D eigenvalue weighted by atomic mass is 10.3. The van der Waals surface area contributed by atoms with Crippen molar-refractivity contribution in [3.63, 3.8) is 0 Å². The van der Waals surface area contributed by atoms with E-state index < -0.39 is 0 Å². The largest absolute Gasteiger partial charge is 0.396 e. The van der Waals surface area contributed by atoms with E-state index in [2.05, 4.69) is 28.6 Å². The van der Waals surface area contributed by atoms with Crippen LogP contribution in [0.1, 0.15) is 39.2 Å². The van der Waals surface area contributed by atoms with Gasteiger partial charge in [0.2, 0.25) is 0 Å². The Kier molecular flexibility index (Phi) is 5.71. The van der Waals surface area contributed by atoms with E-state index in [1.165, 1.54) is 0 Å². The average Bonchev–Trinajstić information content (AvgIpc) is 2.66. The third-order valence-corrected chi connectivity index (χ3v) is 3.17. The van der Waals surface area contributed by atoms with E-state index in [0.717, 1.165) is 30.2 Å². The maximum absolute atomic E-state index is 8.63. The van der Waals surface area contributed by atoms with Crippen molar-refractivity contribution in [3.05, 3.63) is 6.33 Å². The van der Waals surface area contributed by atoms with Crippen molar-refractivity contribution in [2.75, 3.05) is 12.4 Å². The van der Waals surface area contributed by atoms with E-state index in [9.17, 15) is 0 Å². The van der Waals surface area contributed by atoms with Gasteiger partial charge < -0.3 is 9.67 Å². The molecule has 0 fully saturated rings. The maximum Gasteiger partial charge on any atom is 0.191 e. The van der Waals surface area contributed by atoms with E-state index in [4.69, 9.17) is 5.11 Å². The number of hydrogen-bond donors (Lipinski definition) is 1. The quantitative estimate of drug-likeness (QED) is 0.575. The first-order valence-electron chi connectivity index (χ1n) is 5.39. The highest BCUT2D eigenvalue weighted by Gasteiger charge is 2.06. The predicted octanol–water partition coefficient (Wildman–Crippen LogP) is 2.11. The van der Waals surface area contributed by atoms with E-state index in [1.807, 2.05) is 0 Å². The molecule has 0 radical (unpaired) electrons. The van der Waals surface area contributed by atoms with E-state index in [0.29, 0.717) is 12.6 Å². The molecular formula is C10H19N3OS. The second kappa shape index (κ2) is 6.85. The topological polar surface area (TPSA) is 50.9 Å². The summed E-state index contributed by atoms with van der Waals surface area (Å²) in [6.07, 6.45) is 4.88. The van der Waals surface area contributed by atoms with Crippen molar-refractivity contribution in [2.45, 2.75) is 44.3 Å². The second-order valence-corrected chi connectivity index (χ2v) is 4.81. The van der Waals surface area contributed by atoms with Crippen LogP contribution in [0.4, 0.5) is 0 Å². The summed E-state index contributed by atoms with van der Waals surface area (Å²) in [7, 11) is 0. The summed E-state index contributed by atoms with van der Waals surface area (Å²) < 4.78 is 2.08. The molecule has 86 valence electrons. The molecule has 0 amide bonds. The molecule has 1 aromatic rings. The van der Waals surface area contributed by atoms with Crippen LogP contribution >= 0.6 is 11.8 Å². The van der Waals surface area contributed by atoms with Gasteiger partial charge in [-0.1, -0.05) is 18.2 Å². The van der Waals surface area contributed by atoms with Crippen LogP contribution in [0.25, 0.3) is 0 Å². The summed E-state index contributed by atoms with van der Waals surface area (Å²) in [5, 5.41) is 17.6. The van der Waals surface area contributed by atoms with Gasteiger partial charge in [0.1, 0.15) is 6.33 Å². The van der Waals surface area contributed by atoms with E-state index in [1.54, 1.807) is 18.1 Å². The minimum absolute atomic E-state index is 0.298. The monoisotopic (exact) mass is 229 g/mol. The molecule has 0 aliphatic carbocycles. The average molecular weight is 229 g/mol. The lowest BCUT2D eigenvalue weighted by Gasteiger charge is -2.08. The first-order valence-corrected chi connectivity index (χ1v) is 6.37. The van der Waals surface area contributed by atoms with E-state index in [-0.39, 0.29) is 0 Å². The number of aromatic nitrogens is 3. The Hall–Kier alpha value is -0.550. The van der Waals surface area contributed by atoms with Crippen LogP contribution < -0.4 is 0 Å². The number of aliphatic hydroxyl groups excluding tert-OH is 1. The number of hydrogen-bond acceptors (Lipinski definition) is 4. The molecule has 5 heteroatoms. The lowest BCUT2D eigenvalue weighted by Crippen LogP contribution is -2.01. The standard InChI is InChI=1S/C10H19N3OS/c1-9(2)13-8-11-12-10(13)15-7-5-3-4-6-14/h8-9,14H,3-7H2,1-2H3. The van der Waals surface area contributed by atoms with Crippen LogP contribution in [0.2, 0.25) is 0 Å². The van der Waals surface area contributed by atoms with Gasteiger partial charge in [0.15, 0.2) is 5.16 Å². The van der Waals surface area contributed by atoms with Crippen LogP contribution in [0.3, 0.4) is 0 Å². The third kappa shape index (κ3) is 4.22. The van der Waals surface area contributed by atoms with Gasteiger partial charge >= 0.3 is 0 Å². The molecule has 0 bridgehead atoms. The van der Waals surface area contributed by atoms with Crippen molar-refractivity contribution in [1.29, 1.82) is 0 Å². The molecule has 0 saturated heterocycles. The molecule has 1 aromatic heterocycles. The Morgan fingerprint density at radius 1 is 1.40 bits per heavy atom. The minimum Gasteiger partial charge on any atom is -0.396 e. The fourth-order valence-corrected chi connectivity index (χ4v) is 2.29. The Morgan fingerprint density at radius 3 is 2.87 bits per heavy atom. The molecule has 0 aliphatic heterocycles. The predicted molar refractivity (Wildman–Crippen MR) is 62.1 cm³/mol. The lowest BCUT2D eigenvalue weighted by molar-refractivity contribution is 0.284. The maximum atomic E-state index is 8.63. The Labute approximate surface area is 95.1 Å². The normalized spacial score (nSPS) is 11.2. The summed E-state index contributed by atoms with van der Waals surface area (Å²) >= 11 is 1.74. The molecule has 0 spiro atoms. The van der Waals surface area contributed by atoms with Crippen molar-refractivity contribution < 1.29 is 5.11 Å². The Bertz CT molecular complexity index is 275. The van der Waals surface area contributed by atoms with Crippen molar-refractivity contribution >= 4 is 11.8 Å². The Morgan fingerprint density at radius 2 is 2.20 bits per heavy atom. The zero-order chi connectivity index (χ0) is 11.1. The van der Waals surface area contributed by atoms with E-state index >= 15 is 0 Å². The number of nitrogens with zero attached hydrogens (tertiary/aromatic N) is 3. The van der Waals surface area contributed by atoms with Gasteiger partial charge in [-0.2, -0.15) is 0 Å². The first-order chi connectivity index (χ1) is 7.25. The number of aliphatic hydroxyl groups is 1. The SMILES string of the molecule is CC(C)n1cnnc1SCCCCCO. The molecular weight excluding hydrogens is 210 g/mol. The van der Waals surface area contributed by atoms with Crippen LogP contribution in [0.5, 0.6) is 0 Å². The van der Waals surface area contributed by atoms with Gasteiger partial charge in [0.05, 0.1) is 0 Å². The highest BCUT2D eigenvalue weighted by atomic mass is 32.2. The van der Waals surface area contributed by atoms with Gasteiger partial charge in [0.25, 0.3) is 0 Å². The fraction of sp³-hybridized carbons (Fsp3) is 0.800. The summed E-state index contributed by atoms with van der Waals surface area (Å²) in [6, 6.07) is 0.417. The van der Waals surface area contributed by atoms with Gasteiger partial charge in [-0.05, 0) is 26.7 Å². The fourth-order valence-electron chi connectivity index (χ4n) is 1.24. The molecule has 0 saturated carbocycles. The summed E-state index contributed by atoms with van der Waals surface area (Å²) in [5.74, 6) is 1.05. The van der Waals surface area contributed by atoms with Crippen molar-refractivity contribution in [1.82, 2.24) is 14.8 Å². The number of thioether (sulfide) groups is 1. The molecule has 1 rings (SSSR count). The molecule has 0 aliphatic rings. The molecule has 0 atom stereocenters. The zero-order valence-electron chi connectivity index (χ0n) is 9.39. The Balaban J connectivity index is 2.28. The van der Waals surface area contributed by atoms with Gasteiger partial charge in [-0.15, -0.1) is 10.2 Å². The third-order valence-electron chi connectivity index (χ3n) is 2.13. The van der Waals surface area contributed by atoms with Crippen LogP contribution in [-0.4, -0.2) is 32.2 Å². The number of unbranched alkanes of at least 4 members (excludes halogenated alkanes) is 2. The summed E-state index contributed by atoms with van der Waals surface area (Å²) in [4.78, 5) is 0. The molecule has 1 heterocycles.